The third kappa shape index (κ3) is 3.06. The minimum Gasteiger partial charge on any atom is -0.359 e. The van der Waals surface area contributed by atoms with Crippen LogP contribution in [0.2, 0.25) is 0 Å². The van der Waals surface area contributed by atoms with E-state index in [2.05, 4.69) is 15.6 Å². The predicted octanol–water partition coefficient (Wildman–Crippen LogP) is 0.282. The number of aromatic nitrogens is 2. The molecule has 0 bridgehead atoms. The van der Waals surface area contributed by atoms with Gasteiger partial charge in [0.15, 0.2) is 0 Å². The molecule has 2 N–H and O–H groups in total. The van der Waals surface area contributed by atoms with Gasteiger partial charge in [0.1, 0.15) is 0 Å². The molecule has 5 heteroatoms. The first-order valence-electron chi connectivity index (χ1n) is 5.35. The molecular weight excluding hydrogens is 204 g/mol. The van der Waals surface area contributed by atoms with E-state index < -0.39 is 5.41 Å². The van der Waals surface area contributed by atoms with Crippen LogP contribution in [0.25, 0.3) is 0 Å². The fraction of sp³-hybridized carbons (Fsp3) is 0.636. The third-order valence-corrected chi connectivity index (χ3v) is 2.63. The number of carbonyl (C=O) groups excluding carboxylic acids is 1. The van der Waals surface area contributed by atoms with E-state index in [-0.39, 0.29) is 5.91 Å². The third-order valence-electron chi connectivity index (χ3n) is 2.63. The van der Waals surface area contributed by atoms with Crippen molar-refractivity contribution in [3.05, 3.63) is 18.2 Å². The van der Waals surface area contributed by atoms with Crippen LogP contribution in [-0.2, 0) is 18.4 Å². The lowest BCUT2D eigenvalue weighted by Crippen LogP contribution is -2.42. The molecule has 0 unspecified atom stereocenters. The summed E-state index contributed by atoms with van der Waals surface area (Å²) in [4.78, 5) is 15.6. The SMILES string of the molecule is CNC(=O)C(C)(C)CNCc1cncn1C. The number of rotatable bonds is 5. The average molecular weight is 224 g/mol. The number of imidazole rings is 1. The van der Waals surface area contributed by atoms with Gasteiger partial charge in [0.05, 0.1) is 17.4 Å². The zero-order valence-corrected chi connectivity index (χ0v) is 10.4. The van der Waals surface area contributed by atoms with Crippen molar-refractivity contribution in [2.45, 2.75) is 20.4 Å². The van der Waals surface area contributed by atoms with Crippen molar-refractivity contribution < 1.29 is 4.79 Å². The highest BCUT2D eigenvalue weighted by molar-refractivity contribution is 5.81. The Morgan fingerprint density at radius 1 is 1.56 bits per heavy atom. The monoisotopic (exact) mass is 224 g/mol. The summed E-state index contributed by atoms with van der Waals surface area (Å²) in [5.74, 6) is 0.0463. The van der Waals surface area contributed by atoms with Crippen LogP contribution in [0.15, 0.2) is 12.5 Å². The Labute approximate surface area is 96.3 Å². The number of nitrogens with zero attached hydrogens (tertiary/aromatic N) is 2. The van der Waals surface area contributed by atoms with Gasteiger partial charge in [-0.05, 0) is 13.8 Å². The summed E-state index contributed by atoms with van der Waals surface area (Å²) in [6.07, 6.45) is 3.58. The zero-order valence-electron chi connectivity index (χ0n) is 10.4. The maximum Gasteiger partial charge on any atom is 0.226 e. The lowest BCUT2D eigenvalue weighted by atomic mass is 9.92. The quantitative estimate of drug-likeness (QED) is 0.755. The van der Waals surface area contributed by atoms with Crippen LogP contribution in [0.4, 0.5) is 0 Å². The molecule has 0 radical (unpaired) electrons. The maximum atomic E-state index is 11.5. The van der Waals surface area contributed by atoms with E-state index in [0.29, 0.717) is 6.54 Å². The van der Waals surface area contributed by atoms with Crippen LogP contribution in [-0.4, -0.2) is 29.1 Å². The summed E-state index contributed by atoms with van der Waals surface area (Å²) < 4.78 is 1.96. The molecule has 0 spiro atoms. The lowest BCUT2D eigenvalue weighted by Gasteiger charge is -2.22. The first-order chi connectivity index (χ1) is 7.47. The molecule has 1 rings (SSSR count). The smallest absolute Gasteiger partial charge is 0.226 e. The number of hydrogen-bond acceptors (Lipinski definition) is 3. The fourth-order valence-electron chi connectivity index (χ4n) is 1.48. The van der Waals surface area contributed by atoms with Crippen molar-refractivity contribution in [3.8, 4) is 0 Å². The Morgan fingerprint density at radius 2 is 2.25 bits per heavy atom. The first kappa shape index (κ1) is 12.7. The van der Waals surface area contributed by atoms with Crippen molar-refractivity contribution in [2.24, 2.45) is 12.5 Å². The molecule has 0 aliphatic carbocycles. The van der Waals surface area contributed by atoms with Crippen LogP contribution in [0, 0.1) is 5.41 Å². The van der Waals surface area contributed by atoms with E-state index in [9.17, 15) is 4.79 Å². The van der Waals surface area contributed by atoms with Crippen LogP contribution in [0.3, 0.4) is 0 Å². The molecule has 0 atom stereocenters. The van der Waals surface area contributed by atoms with Crippen molar-refractivity contribution in [2.75, 3.05) is 13.6 Å². The summed E-state index contributed by atoms with van der Waals surface area (Å²) >= 11 is 0. The van der Waals surface area contributed by atoms with E-state index in [4.69, 9.17) is 0 Å². The van der Waals surface area contributed by atoms with Crippen LogP contribution in [0.5, 0.6) is 0 Å². The molecular formula is C11H20N4O. The number of carbonyl (C=O) groups is 1. The Kier molecular flexibility index (Phi) is 4.06. The summed E-state index contributed by atoms with van der Waals surface area (Å²) in [5, 5.41) is 5.93. The largest absolute Gasteiger partial charge is 0.359 e. The van der Waals surface area contributed by atoms with Gasteiger partial charge in [-0.2, -0.15) is 0 Å². The van der Waals surface area contributed by atoms with Gasteiger partial charge in [-0.1, -0.05) is 0 Å². The Hall–Kier alpha value is -1.36. The van der Waals surface area contributed by atoms with Crippen molar-refractivity contribution in [1.29, 1.82) is 0 Å². The Bertz CT molecular complexity index is 357. The second-order valence-electron chi connectivity index (χ2n) is 4.56. The zero-order chi connectivity index (χ0) is 12.2. The average Bonchev–Trinajstić information content (AvgIpc) is 2.63. The first-order valence-corrected chi connectivity index (χ1v) is 5.35. The topological polar surface area (TPSA) is 59.0 Å². The standard InChI is InChI=1S/C11H20N4O/c1-11(2,10(16)12-3)7-13-5-9-6-14-8-15(9)4/h6,8,13H,5,7H2,1-4H3,(H,12,16). The second-order valence-corrected chi connectivity index (χ2v) is 4.56. The number of aryl methyl sites for hydroxylation is 1. The molecule has 0 saturated carbocycles. The van der Waals surface area contributed by atoms with Crippen molar-refractivity contribution in [3.63, 3.8) is 0 Å². The highest BCUT2D eigenvalue weighted by atomic mass is 16.2. The molecule has 0 fully saturated rings. The van der Waals surface area contributed by atoms with E-state index in [0.717, 1.165) is 12.2 Å². The summed E-state index contributed by atoms with van der Waals surface area (Å²) in [6, 6.07) is 0. The lowest BCUT2D eigenvalue weighted by molar-refractivity contribution is -0.128. The van der Waals surface area contributed by atoms with E-state index in [1.54, 1.807) is 13.4 Å². The van der Waals surface area contributed by atoms with E-state index in [1.165, 1.54) is 0 Å². The molecule has 0 aromatic carbocycles. The number of nitrogens with one attached hydrogen (secondary N) is 2. The molecule has 1 amide bonds. The van der Waals surface area contributed by atoms with Gasteiger partial charge in [0.25, 0.3) is 0 Å². The van der Waals surface area contributed by atoms with E-state index in [1.807, 2.05) is 31.7 Å². The highest BCUT2D eigenvalue weighted by Gasteiger charge is 2.25. The summed E-state index contributed by atoms with van der Waals surface area (Å²) in [7, 11) is 3.61. The molecule has 0 aliphatic heterocycles. The highest BCUT2D eigenvalue weighted by Crippen LogP contribution is 2.13. The summed E-state index contributed by atoms with van der Waals surface area (Å²) in [5.41, 5.74) is 0.709. The van der Waals surface area contributed by atoms with Gasteiger partial charge >= 0.3 is 0 Å². The van der Waals surface area contributed by atoms with Crippen LogP contribution >= 0.6 is 0 Å². The normalized spacial score (nSPS) is 11.5. The number of amides is 1. The Balaban J connectivity index is 2.41. The van der Waals surface area contributed by atoms with Gasteiger partial charge in [-0.15, -0.1) is 0 Å². The predicted molar refractivity (Wildman–Crippen MR) is 62.8 cm³/mol. The van der Waals surface area contributed by atoms with Crippen molar-refractivity contribution in [1.82, 2.24) is 20.2 Å². The Morgan fingerprint density at radius 3 is 2.75 bits per heavy atom. The van der Waals surface area contributed by atoms with Gasteiger partial charge in [0.2, 0.25) is 5.91 Å². The molecule has 5 nitrogen and oxygen atoms in total. The molecule has 0 saturated heterocycles. The van der Waals surface area contributed by atoms with Crippen molar-refractivity contribution >= 4 is 5.91 Å². The van der Waals surface area contributed by atoms with Crippen LogP contribution in [0.1, 0.15) is 19.5 Å². The fourth-order valence-corrected chi connectivity index (χ4v) is 1.48. The molecule has 1 aromatic heterocycles. The second kappa shape index (κ2) is 5.12. The minimum absolute atomic E-state index is 0.0463. The van der Waals surface area contributed by atoms with Gasteiger partial charge in [-0.25, -0.2) is 4.98 Å². The van der Waals surface area contributed by atoms with E-state index >= 15 is 0 Å². The molecule has 90 valence electrons. The molecule has 16 heavy (non-hydrogen) atoms. The van der Waals surface area contributed by atoms with Gasteiger partial charge in [0, 0.05) is 33.4 Å². The minimum atomic E-state index is -0.395. The molecule has 0 aliphatic rings. The van der Waals surface area contributed by atoms with Gasteiger partial charge < -0.3 is 15.2 Å². The maximum absolute atomic E-state index is 11.5. The van der Waals surface area contributed by atoms with Crippen LogP contribution < -0.4 is 10.6 Å². The van der Waals surface area contributed by atoms with Gasteiger partial charge in [-0.3, -0.25) is 4.79 Å². The molecule has 1 heterocycles. The number of hydrogen-bond donors (Lipinski definition) is 2. The summed E-state index contributed by atoms with van der Waals surface area (Å²) in [6.45, 7) is 5.19. The molecule has 1 aromatic rings.